The SMILES string of the molecule is CC1C(NC(=O)c2c[nH]c3ncccc23)NNC1C1CC1. The second-order valence-electron chi connectivity index (χ2n) is 6.06. The minimum absolute atomic E-state index is 0.0373. The number of carbonyl (C=O) groups excluding carboxylic acids is 1. The van der Waals surface area contributed by atoms with Crippen LogP contribution in [0, 0.1) is 11.8 Å². The van der Waals surface area contributed by atoms with Crippen LogP contribution in [0.5, 0.6) is 0 Å². The van der Waals surface area contributed by atoms with Gasteiger partial charge in [0, 0.05) is 29.7 Å². The fourth-order valence-corrected chi connectivity index (χ4v) is 3.19. The van der Waals surface area contributed by atoms with Crippen LogP contribution in [0.4, 0.5) is 0 Å². The molecule has 4 N–H and O–H groups in total. The van der Waals surface area contributed by atoms with Crippen molar-refractivity contribution in [1.29, 1.82) is 0 Å². The van der Waals surface area contributed by atoms with Gasteiger partial charge in [-0.1, -0.05) is 6.92 Å². The van der Waals surface area contributed by atoms with E-state index in [4.69, 9.17) is 0 Å². The minimum Gasteiger partial charge on any atom is -0.345 e. The zero-order valence-electron chi connectivity index (χ0n) is 11.9. The molecule has 0 bridgehead atoms. The van der Waals surface area contributed by atoms with Crippen molar-refractivity contribution < 1.29 is 4.79 Å². The number of rotatable bonds is 3. The molecule has 2 aromatic rings. The van der Waals surface area contributed by atoms with E-state index in [1.165, 1.54) is 12.8 Å². The zero-order valence-corrected chi connectivity index (χ0v) is 11.9. The number of hydrogen-bond acceptors (Lipinski definition) is 4. The quantitative estimate of drug-likeness (QED) is 0.681. The van der Waals surface area contributed by atoms with Crippen molar-refractivity contribution in [2.24, 2.45) is 11.8 Å². The fraction of sp³-hybridized carbons (Fsp3) is 0.467. The Morgan fingerprint density at radius 1 is 1.38 bits per heavy atom. The number of amides is 1. The Hall–Kier alpha value is -1.92. The van der Waals surface area contributed by atoms with E-state index in [1.807, 2.05) is 12.1 Å². The molecule has 1 aliphatic carbocycles. The van der Waals surface area contributed by atoms with E-state index in [2.05, 4.69) is 33.1 Å². The number of aromatic amines is 1. The van der Waals surface area contributed by atoms with Crippen molar-refractivity contribution in [3.05, 3.63) is 30.1 Å². The maximum atomic E-state index is 12.5. The molecule has 1 aliphatic heterocycles. The molecule has 4 rings (SSSR count). The summed E-state index contributed by atoms with van der Waals surface area (Å²) in [7, 11) is 0. The average Bonchev–Trinajstić information content (AvgIpc) is 3.14. The molecule has 6 heteroatoms. The number of nitrogens with zero attached hydrogens (tertiary/aromatic N) is 1. The number of carbonyl (C=O) groups is 1. The molecule has 1 amide bonds. The smallest absolute Gasteiger partial charge is 0.254 e. The first-order valence-electron chi connectivity index (χ1n) is 7.48. The third kappa shape index (κ3) is 2.20. The molecule has 3 atom stereocenters. The largest absolute Gasteiger partial charge is 0.345 e. The van der Waals surface area contributed by atoms with E-state index in [9.17, 15) is 4.79 Å². The monoisotopic (exact) mass is 285 g/mol. The third-order valence-corrected chi connectivity index (χ3v) is 4.61. The van der Waals surface area contributed by atoms with Crippen LogP contribution in [0.1, 0.15) is 30.1 Å². The molecule has 3 unspecified atom stereocenters. The lowest BCUT2D eigenvalue weighted by Gasteiger charge is -2.19. The summed E-state index contributed by atoms with van der Waals surface area (Å²) in [5.74, 6) is 1.06. The molecule has 0 aromatic carbocycles. The van der Waals surface area contributed by atoms with Gasteiger partial charge in [-0.25, -0.2) is 10.4 Å². The summed E-state index contributed by atoms with van der Waals surface area (Å²) in [6, 6.07) is 4.21. The lowest BCUT2D eigenvalue weighted by Crippen LogP contribution is -2.46. The molecule has 2 aromatic heterocycles. The summed E-state index contributed by atoms with van der Waals surface area (Å²) in [6.45, 7) is 2.18. The summed E-state index contributed by atoms with van der Waals surface area (Å²) in [4.78, 5) is 19.7. The highest BCUT2D eigenvalue weighted by molar-refractivity contribution is 6.05. The molecule has 0 radical (unpaired) electrons. The average molecular weight is 285 g/mol. The summed E-state index contributed by atoms with van der Waals surface area (Å²) < 4.78 is 0. The van der Waals surface area contributed by atoms with Gasteiger partial charge in [0.25, 0.3) is 5.91 Å². The van der Waals surface area contributed by atoms with E-state index < -0.39 is 0 Å². The lowest BCUT2D eigenvalue weighted by molar-refractivity contribution is 0.0924. The van der Waals surface area contributed by atoms with Gasteiger partial charge < -0.3 is 10.3 Å². The van der Waals surface area contributed by atoms with Crippen LogP contribution in [-0.4, -0.2) is 28.1 Å². The first-order valence-corrected chi connectivity index (χ1v) is 7.48. The maximum Gasteiger partial charge on any atom is 0.254 e. The van der Waals surface area contributed by atoms with E-state index >= 15 is 0 Å². The number of nitrogens with one attached hydrogen (secondary N) is 4. The molecule has 1 saturated carbocycles. The highest BCUT2D eigenvalue weighted by atomic mass is 16.2. The predicted molar refractivity (Wildman–Crippen MR) is 79.3 cm³/mol. The molecular weight excluding hydrogens is 266 g/mol. The number of H-pyrrole nitrogens is 1. The van der Waals surface area contributed by atoms with Gasteiger partial charge in [-0.3, -0.25) is 10.2 Å². The molecule has 2 aliphatic rings. The summed E-state index contributed by atoms with van der Waals surface area (Å²) >= 11 is 0. The Labute approximate surface area is 122 Å². The van der Waals surface area contributed by atoms with Gasteiger partial charge in [0.2, 0.25) is 0 Å². The van der Waals surface area contributed by atoms with Crippen molar-refractivity contribution in [1.82, 2.24) is 26.1 Å². The van der Waals surface area contributed by atoms with Crippen LogP contribution < -0.4 is 16.2 Å². The van der Waals surface area contributed by atoms with Crippen molar-refractivity contribution in [2.75, 3.05) is 0 Å². The Balaban J connectivity index is 1.51. The van der Waals surface area contributed by atoms with Gasteiger partial charge in [-0.15, -0.1) is 0 Å². The van der Waals surface area contributed by atoms with Gasteiger partial charge in [0.1, 0.15) is 5.65 Å². The van der Waals surface area contributed by atoms with Gasteiger partial charge in [0.15, 0.2) is 0 Å². The van der Waals surface area contributed by atoms with Crippen LogP contribution in [0.15, 0.2) is 24.5 Å². The highest BCUT2D eigenvalue weighted by Gasteiger charge is 2.42. The summed E-state index contributed by atoms with van der Waals surface area (Å²) in [5.41, 5.74) is 7.91. The minimum atomic E-state index is -0.0724. The van der Waals surface area contributed by atoms with Gasteiger partial charge in [0.05, 0.1) is 11.7 Å². The number of aromatic nitrogens is 2. The number of hydrogen-bond donors (Lipinski definition) is 4. The lowest BCUT2D eigenvalue weighted by atomic mass is 9.97. The molecule has 110 valence electrons. The Kier molecular flexibility index (Phi) is 2.94. The van der Waals surface area contributed by atoms with E-state index in [1.54, 1.807) is 12.4 Å². The Morgan fingerprint density at radius 2 is 2.24 bits per heavy atom. The Bertz CT molecular complexity index is 678. The van der Waals surface area contributed by atoms with Gasteiger partial charge >= 0.3 is 0 Å². The van der Waals surface area contributed by atoms with Crippen LogP contribution in [0.3, 0.4) is 0 Å². The number of fused-ring (bicyclic) bond motifs is 1. The van der Waals surface area contributed by atoms with Crippen molar-refractivity contribution in [3.63, 3.8) is 0 Å². The molecule has 21 heavy (non-hydrogen) atoms. The van der Waals surface area contributed by atoms with Crippen LogP contribution in [-0.2, 0) is 0 Å². The normalized spacial score (nSPS) is 28.9. The van der Waals surface area contributed by atoms with Crippen LogP contribution >= 0.6 is 0 Å². The second-order valence-corrected chi connectivity index (χ2v) is 6.06. The maximum absolute atomic E-state index is 12.5. The summed E-state index contributed by atoms with van der Waals surface area (Å²) in [6.07, 6.45) is 5.98. The Morgan fingerprint density at radius 3 is 3.05 bits per heavy atom. The molecule has 6 nitrogen and oxygen atoms in total. The van der Waals surface area contributed by atoms with Gasteiger partial charge in [-0.05, 0) is 30.9 Å². The highest BCUT2D eigenvalue weighted by Crippen LogP contribution is 2.37. The first-order chi connectivity index (χ1) is 10.2. The zero-order chi connectivity index (χ0) is 14.4. The molecule has 0 spiro atoms. The first kappa shape index (κ1) is 12.8. The molecule has 1 saturated heterocycles. The summed E-state index contributed by atoms with van der Waals surface area (Å²) in [5, 5.41) is 3.93. The molecular formula is C15H19N5O. The number of hydrazine groups is 1. The van der Waals surface area contributed by atoms with E-state index in [0.29, 0.717) is 17.5 Å². The fourth-order valence-electron chi connectivity index (χ4n) is 3.19. The molecule has 2 fully saturated rings. The number of pyridine rings is 1. The van der Waals surface area contributed by atoms with Crippen molar-refractivity contribution in [3.8, 4) is 0 Å². The third-order valence-electron chi connectivity index (χ3n) is 4.61. The van der Waals surface area contributed by atoms with Crippen molar-refractivity contribution >= 4 is 16.9 Å². The van der Waals surface area contributed by atoms with Crippen molar-refractivity contribution in [2.45, 2.75) is 32.0 Å². The predicted octanol–water partition coefficient (Wildman–Crippen LogP) is 1.14. The topological polar surface area (TPSA) is 81.8 Å². The van der Waals surface area contributed by atoms with E-state index in [0.717, 1.165) is 17.0 Å². The van der Waals surface area contributed by atoms with Crippen LogP contribution in [0.25, 0.3) is 11.0 Å². The second kappa shape index (κ2) is 4.82. The van der Waals surface area contributed by atoms with Gasteiger partial charge in [-0.2, -0.15) is 0 Å². The van der Waals surface area contributed by atoms with E-state index in [-0.39, 0.29) is 12.1 Å². The van der Waals surface area contributed by atoms with Crippen LogP contribution in [0.2, 0.25) is 0 Å². The molecule has 3 heterocycles. The standard InChI is InChI=1S/C15H19N5O/c1-8-12(9-4-5-9)19-20-13(8)18-15(21)11-7-17-14-10(11)3-2-6-16-14/h2-3,6-9,12-13,19-20H,4-5H2,1H3,(H,16,17)(H,18,21).